The number of aliphatic hydroxyl groups excluding tert-OH is 1. The maximum atomic E-state index is 10.5. The van der Waals surface area contributed by atoms with Gasteiger partial charge in [0.1, 0.15) is 6.23 Å². The van der Waals surface area contributed by atoms with Crippen LogP contribution in [-0.2, 0) is 4.79 Å². The Morgan fingerprint density at radius 3 is 2.23 bits per heavy atom. The molecule has 0 aliphatic carbocycles. The first kappa shape index (κ1) is 9.75. The van der Waals surface area contributed by atoms with E-state index in [1.54, 1.807) is 0 Å². The molecule has 1 rings (SSSR count). The van der Waals surface area contributed by atoms with Gasteiger partial charge in [0.2, 0.25) is 5.72 Å². The van der Waals surface area contributed by atoms with Crippen molar-refractivity contribution < 1.29 is 30.0 Å². The second kappa shape index (κ2) is 2.86. The topological polar surface area (TPSA) is 118 Å². The lowest BCUT2D eigenvalue weighted by atomic mass is 10.1. The molecular weight excluding hydrogens is 182 g/mol. The van der Waals surface area contributed by atoms with E-state index in [9.17, 15) is 14.7 Å². The summed E-state index contributed by atoms with van der Waals surface area (Å²) in [7, 11) is 0. The van der Waals surface area contributed by atoms with Crippen LogP contribution in [0.4, 0.5) is 4.79 Å². The van der Waals surface area contributed by atoms with Gasteiger partial charge >= 0.3 is 12.1 Å². The van der Waals surface area contributed by atoms with E-state index >= 15 is 0 Å². The van der Waals surface area contributed by atoms with Gasteiger partial charge in [-0.3, -0.25) is 0 Å². The molecular formula is C6H9NO6. The highest BCUT2D eigenvalue weighted by atomic mass is 16.5. The number of nitrogens with zero attached hydrogens (tertiary/aromatic N) is 1. The molecule has 0 aromatic heterocycles. The van der Waals surface area contributed by atoms with Gasteiger partial charge in [-0.1, -0.05) is 0 Å². The van der Waals surface area contributed by atoms with Crippen molar-refractivity contribution in [3.05, 3.63) is 0 Å². The summed E-state index contributed by atoms with van der Waals surface area (Å²) in [6.45, 7) is 0. The molecule has 0 aromatic carbocycles. The van der Waals surface area contributed by atoms with E-state index in [1.807, 2.05) is 0 Å². The van der Waals surface area contributed by atoms with Gasteiger partial charge in [0.05, 0.1) is 0 Å². The average molecular weight is 191 g/mol. The van der Waals surface area contributed by atoms with Crippen LogP contribution in [0.1, 0.15) is 12.8 Å². The summed E-state index contributed by atoms with van der Waals surface area (Å²) >= 11 is 0. The minimum absolute atomic E-state index is 0.0882. The summed E-state index contributed by atoms with van der Waals surface area (Å²) in [6.07, 6.45) is -3.52. The molecule has 2 atom stereocenters. The molecule has 74 valence electrons. The maximum absolute atomic E-state index is 10.5. The number of amides is 1. The van der Waals surface area contributed by atoms with Crippen LogP contribution >= 0.6 is 0 Å². The zero-order chi connectivity index (χ0) is 10.2. The summed E-state index contributed by atoms with van der Waals surface area (Å²) in [5, 5.41) is 35.5. The van der Waals surface area contributed by atoms with E-state index in [2.05, 4.69) is 0 Å². The summed E-state index contributed by atoms with van der Waals surface area (Å²) < 4.78 is 0. The molecule has 1 fully saturated rings. The lowest BCUT2D eigenvalue weighted by molar-refractivity contribution is -0.180. The number of hydrogen-bond donors (Lipinski definition) is 4. The molecule has 7 nitrogen and oxygen atoms in total. The Hall–Kier alpha value is -1.34. The van der Waals surface area contributed by atoms with Crippen LogP contribution in [0.5, 0.6) is 0 Å². The van der Waals surface area contributed by atoms with Gasteiger partial charge < -0.3 is 20.4 Å². The second-order valence-electron chi connectivity index (χ2n) is 2.79. The van der Waals surface area contributed by atoms with Crippen molar-refractivity contribution >= 4 is 12.1 Å². The lowest BCUT2D eigenvalue weighted by Crippen LogP contribution is -2.55. The molecule has 1 amide bonds. The van der Waals surface area contributed by atoms with E-state index in [1.165, 1.54) is 0 Å². The molecule has 4 N–H and O–H groups in total. The van der Waals surface area contributed by atoms with Gasteiger partial charge in [-0.25, -0.2) is 14.5 Å². The minimum atomic E-state index is -2.49. The van der Waals surface area contributed by atoms with Crippen LogP contribution in [0.25, 0.3) is 0 Å². The number of rotatable bonds is 1. The summed E-state index contributed by atoms with van der Waals surface area (Å²) in [4.78, 5) is 21.1. The fourth-order valence-electron chi connectivity index (χ4n) is 1.32. The van der Waals surface area contributed by atoms with Crippen molar-refractivity contribution in [3.8, 4) is 0 Å². The molecule has 1 aliphatic heterocycles. The van der Waals surface area contributed by atoms with Crippen LogP contribution in [0.3, 0.4) is 0 Å². The van der Waals surface area contributed by atoms with Crippen LogP contribution in [0.15, 0.2) is 0 Å². The molecule has 1 heterocycles. The number of carboxylic acids is 1. The number of aliphatic hydroxyl groups is 2. The Morgan fingerprint density at radius 2 is 1.92 bits per heavy atom. The first-order valence-electron chi connectivity index (χ1n) is 3.55. The number of carbonyl (C=O) groups is 2. The van der Waals surface area contributed by atoms with Gasteiger partial charge in [-0.15, -0.1) is 0 Å². The van der Waals surface area contributed by atoms with Crippen molar-refractivity contribution in [2.75, 3.05) is 0 Å². The number of likely N-dealkylation sites (tertiary alicyclic amines) is 1. The zero-order valence-electron chi connectivity index (χ0n) is 6.54. The third-order valence-corrected chi connectivity index (χ3v) is 2.00. The van der Waals surface area contributed by atoms with Gasteiger partial charge in [-0.2, -0.15) is 0 Å². The molecule has 0 radical (unpaired) electrons. The first-order valence-corrected chi connectivity index (χ1v) is 3.55. The Bertz CT molecular complexity index is 254. The predicted molar refractivity (Wildman–Crippen MR) is 37.7 cm³/mol. The molecule has 1 aliphatic rings. The van der Waals surface area contributed by atoms with Crippen molar-refractivity contribution in [2.45, 2.75) is 24.8 Å². The molecule has 7 heteroatoms. The van der Waals surface area contributed by atoms with Crippen LogP contribution in [-0.4, -0.2) is 49.3 Å². The monoisotopic (exact) mass is 191 g/mol. The predicted octanol–water partition coefficient (Wildman–Crippen LogP) is -1.15. The highest BCUT2D eigenvalue weighted by molar-refractivity contribution is 5.82. The molecule has 0 spiro atoms. The SMILES string of the molecule is O=C(O)N1C(O)CCC1(O)C(=O)O. The van der Waals surface area contributed by atoms with Crippen molar-refractivity contribution in [1.29, 1.82) is 0 Å². The number of carboxylic acid groups (broad SMARTS) is 2. The van der Waals surface area contributed by atoms with Crippen LogP contribution in [0, 0.1) is 0 Å². The van der Waals surface area contributed by atoms with Crippen molar-refractivity contribution in [1.82, 2.24) is 4.90 Å². The number of hydrogen-bond acceptors (Lipinski definition) is 4. The molecule has 2 unspecified atom stereocenters. The fraction of sp³-hybridized carbons (Fsp3) is 0.667. The lowest BCUT2D eigenvalue weighted by Gasteiger charge is -2.28. The fourth-order valence-corrected chi connectivity index (χ4v) is 1.32. The van der Waals surface area contributed by atoms with E-state index in [-0.39, 0.29) is 17.7 Å². The molecule has 0 saturated carbocycles. The molecule has 1 saturated heterocycles. The number of aliphatic carboxylic acids is 1. The standard InChI is InChI=1S/C6H9NO6/c8-3-1-2-6(13,4(9)10)7(3)5(11)12/h3,8,13H,1-2H2,(H,9,10)(H,11,12). The quantitative estimate of drug-likeness (QED) is 0.415. The largest absolute Gasteiger partial charge is 0.478 e. The van der Waals surface area contributed by atoms with E-state index in [0.29, 0.717) is 0 Å². The van der Waals surface area contributed by atoms with Crippen molar-refractivity contribution in [2.24, 2.45) is 0 Å². The normalized spacial score (nSPS) is 33.4. The third-order valence-electron chi connectivity index (χ3n) is 2.00. The highest BCUT2D eigenvalue weighted by Gasteiger charge is 2.53. The first-order chi connectivity index (χ1) is 5.89. The maximum Gasteiger partial charge on any atom is 0.412 e. The van der Waals surface area contributed by atoms with E-state index in [4.69, 9.17) is 15.3 Å². The van der Waals surface area contributed by atoms with Gasteiger partial charge in [0.25, 0.3) is 0 Å². The van der Waals surface area contributed by atoms with Crippen LogP contribution < -0.4 is 0 Å². The van der Waals surface area contributed by atoms with Gasteiger partial charge in [-0.05, 0) is 6.42 Å². The van der Waals surface area contributed by atoms with E-state index < -0.39 is 24.0 Å². The summed E-state index contributed by atoms with van der Waals surface area (Å²) in [5.41, 5.74) is -2.49. The van der Waals surface area contributed by atoms with Crippen molar-refractivity contribution in [3.63, 3.8) is 0 Å². The molecule has 0 aromatic rings. The molecule has 0 bridgehead atoms. The minimum Gasteiger partial charge on any atom is -0.478 e. The summed E-state index contributed by atoms with van der Waals surface area (Å²) in [5.74, 6) is -1.67. The Labute approximate surface area is 72.8 Å². The molecule has 13 heavy (non-hydrogen) atoms. The van der Waals surface area contributed by atoms with Crippen LogP contribution in [0.2, 0.25) is 0 Å². The smallest absolute Gasteiger partial charge is 0.412 e. The van der Waals surface area contributed by atoms with Gasteiger partial charge in [0.15, 0.2) is 0 Å². The third kappa shape index (κ3) is 1.31. The average Bonchev–Trinajstić information content (AvgIpc) is 2.28. The Kier molecular flexibility index (Phi) is 2.14. The van der Waals surface area contributed by atoms with E-state index in [0.717, 1.165) is 0 Å². The Morgan fingerprint density at radius 1 is 1.38 bits per heavy atom. The zero-order valence-corrected chi connectivity index (χ0v) is 6.54. The Balaban J connectivity index is 2.99. The summed E-state index contributed by atoms with van der Waals surface area (Å²) in [6, 6.07) is 0. The second-order valence-corrected chi connectivity index (χ2v) is 2.79. The van der Waals surface area contributed by atoms with Gasteiger partial charge in [0, 0.05) is 6.42 Å². The highest BCUT2D eigenvalue weighted by Crippen LogP contribution is 2.30.